The molecule has 0 unspecified atom stereocenters. The molecule has 122 valence electrons. The van der Waals surface area contributed by atoms with Crippen LogP contribution in [0.3, 0.4) is 0 Å². The van der Waals surface area contributed by atoms with E-state index in [0.717, 1.165) is 11.6 Å². The van der Waals surface area contributed by atoms with Crippen molar-refractivity contribution in [3.05, 3.63) is 58.6 Å². The van der Waals surface area contributed by atoms with Gasteiger partial charge in [0.05, 0.1) is 12.1 Å². The van der Waals surface area contributed by atoms with E-state index in [1.54, 1.807) is 19.2 Å². The van der Waals surface area contributed by atoms with Crippen LogP contribution in [0.15, 0.2) is 47.4 Å². The van der Waals surface area contributed by atoms with Gasteiger partial charge in [0.25, 0.3) is 5.91 Å². The molecule has 3 N–H and O–H groups in total. The van der Waals surface area contributed by atoms with E-state index >= 15 is 0 Å². The Morgan fingerprint density at radius 2 is 2.00 bits per heavy atom. The predicted octanol–water partition coefficient (Wildman–Crippen LogP) is 1.93. The standard InChI is InChI=1S/C15H15ClN2O4S/c1-22-12-4-2-3-10(7-12)9-18-15(19)11-5-6-13(16)14(8-11)23(17,20)21/h2-8H,9H2,1H3,(H,18,19)(H2,17,20,21). The van der Waals surface area contributed by atoms with E-state index in [-0.39, 0.29) is 22.0 Å². The third-order valence-corrected chi connectivity index (χ3v) is 4.48. The van der Waals surface area contributed by atoms with Crippen LogP contribution in [-0.2, 0) is 16.6 Å². The SMILES string of the molecule is COc1cccc(CNC(=O)c2ccc(Cl)c(S(N)(=O)=O)c2)c1. The number of benzene rings is 2. The summed E-state index contributed by atoms with van der Waals surface area (Å²) in [5, 5.41) is 7.73. The van der Waals surface area contributed by atoms with Gasteiger partial charge in [-0.3, -0.25) is 4.79 Å². The summed E-state index contributed by atoms with van der Waals surface area (Å²) in [7, 11) is -2.44. The van der Waals surface area contributed by atoms with Gasteiger partial charge in [0.1, 0.15) is 10.6 Å². The summed E-state index contributed by atoms with van der Waals surface area (Å²) in [6.07, 6.45) is 0. The zero-order valence-electron chi connectivity index (χ0n) is 12.2. The normalized spacial score (nSPS) is 11.1. The summed E-state index contributed by atoms with van der Waals surface area (Å²) < 4.78 is 28.0. The smallest absolute Gasteiger partial charge is 0.251 e. The molecule has 0 bridgehead atoms. The molecule has 0 saturated carbocycles. The van der Waals surface area contributed by atoms with Crippen LogP contribution in [0.1, 0.15) is 15.9 Å². The molecule has 8 heteroatoms. The second-order valence-corrected chi connectivity index (χ2v) is 6.66. The minimum absolute atomic E-state index is 0.0307. The molecule has 2 aromatic rings. The van der Waals surface area contributed by atoms with Gasteiger partial charge >= 0.3 is 0 Å². The number of primary sulfonamides is 1. The third-order valence-electron chi connectivity index (χ3n) is 3.09. The summed E-state index contributed by atoms with van der Waals surface area (Å²) >= 11 is 5.79. The summed E-state index contributed by atoms with van der Waals surface area (Å²) in [6.45, 7) is 0.267. The maximum atomic E-state index is 12.1. The maximum absolute atomic E-state index is 12.1. The van der Waals surface area contributed by atoms with Crippen molar-refractivity contribution in [2.24, 2.45) is 5.14 Å². The number of ether oxygens (including phenoxy) is 1. The monoisotopic (exact) mass is 354 g/mol. The first kappa shape index (κ1) is 17.3. The molecule has 0 atom stereocenters. The average Bonchev–Trinajstić information content (AvgIpc) is 2.52. The van der Waals surface area contributed by atoms with Gasteiger partial charge in [-0.2, -0.15) is 0 Å². The molecule has 2 aromatic carbocycles. The van der Waals surface area contributed by atoms with E-state index in [2.05, 4.69) is 5.32 Å². The number of methoxy groups -OCH3 is 1. The molecule has 0 aliphatic rings. The molecule has 0 heterocycles. The fourth-order valence-corrected chi connectivity index (χ4v) is 3.00. The third kappa shape index (κ3) is 4.44. The minimum atomic E-state index is -3.99. The number of nitrogens with two attached hydrogens (primary N) is 1. The zero-order valence-corrected chi connectivity index (χ0v) is 13.8. The van der Waals surface area contributed by atoms with Crippen molar-refractivity contribution in [2.75, 3.05) is 7.11 Å². The van der Waals surface area contributed by atoms with E-state index in [9.17, 15) is 13.2 Å². The van der Waals surface area contributed by atoms with Crippen LogP contribution >= 0.6 is 11.6 Å². The van der Waals surface area contributed by atoms with Gasteiger partial charge < -0.3 is 10.1 Å². The van der Waals surface area contributed by atoms with Crippen molar-refractivity contribution in [2.45, 2.75) is 11.4 Å². The Morgan fingerprint density at radius 1 is 1.26 bits per heavy atom. The van der Waals surface area contributed by atoms with Crippen molar-refractivity contribution >= 4 is 27.5 Å². The number of amides is 1. The Labute approximate surface area is 139 Å². The van der Waals surface area contributed by atoms with E-state index in [1.807, 2.05) is 12.1 Å². The minimum Gasteiger partial charge on any atom is -0.497 e. The summed E-state index contributed by atoms with van der Waals surface area (Å²) in [6, 6.07) is 11.1. The molecule has 2 rings (SSSR count). The molecule has 0 aromatic heterocycles. The number of rotatable bonds is 5. The summed E-state index contributed by atoms with van der Waals surface area (Å²) in [4.78, 5) is 11.9. The molecule has 0 aliphatic heterocycles. The first-order chi connectivity index (χ1) is 10.8. The largest absolute Gasteiger partial charge is 0.497 e. The highest BCUT2D eigenvalue weighted by Gasteiger charge is 2.16. The van der Waals surface area contributed by atoms with Gasteiger partial charge in [-0.1, -0.05) is 23.7 Å². The molecule has 6 nitrogen and oxygen atoms in total. The number of sulfonamides is 1. The molecule has 0 spiro atoms. The van der Waals surface area contributed by atoms with Crippen LogP contribution in [0.25, 0.3) is 0 Å². The zero-order chi connectivity index (χ0) is 17.0. The lowest BCUT2D eigenvalue weighted by Crippen LogP contribution is -2.23. The van der Waals surface area contributed by atoms with E-state index < -0.39 is 15.9 Å². The molecule has 0 radical (unpaired) electrons. The van der Waals surface area contributed by atoms with Gasteiger partial charge in [0.2, 0.25) is 10.0 Å². The van der Waals surface area contributed by atoms with E-state index in [1.165, 1.54) is 12.1 Å². The molecule has 0 aliphatic carbocycles. The maximum Gasteiger partial charge on any atom is 0.251 e. The first-order valence-corrected chi connectivity index (χ1v) is 8.47. The second-order valence-electron chi connectivity index (χ2n) is 4.72. The van der Waals surface area contributed by atoms with Gasteiger partial charge in [-0.25, -0.2) is 13.6 Å². The summed E-state index contributed by atoms with van der Waals surface area (Å²) in [5.74, 6) is 0.245. The number of carbonyl (C=O) groups excluding carboxylic acids is 1. The van der Waals surface area contributed by atoms with Crippen LogP contribution in [0.2, 0.25) is 5.02 Å². The number of halogens is 1. The van der Waals surface area contributed by atoms with E-state index in [4.69, 9.17) is 21.5 Å². The quantitative estimate of drug-likeness (QED) is 0.857. The van der Waals surface area contributed by atoms with Crippen molar-refractivity contribution in [1.82, 2.24) is 5.32 Å². The highest BCUT2D eigenvalue weighted by atomic mass is 35.5. The topological polar surface area (TPSA) is 98.5 Å². The van der Waals surface area contributed by atoms with Gasteiger partial charge in [-0.05, 0) is 35.9 Å². The Morgan fingerprint density at radius 3 is 2.65 bits per heavy atom. The second kappa shape index (κ2) is 6.99. The fraction of sp³-hybridized carbons (Fsp3) is 0.133. The van der Waals surface area contributed by atoms with Crippen LogP contribution in [0, 0.1) is 0 Å². The summed E-state index contributed by atoms with van der Waals surface area (Å²) in [5.41, 5.74) is 1.000. The number of carbonyl (C=O) groups is 1. The Hall–Kier alpha value is -2.09. The molecular formula is C15H15ClN2O4S. The first-order valence-electron chi connectivity index (χ1n) is 6.55. The lowest BCUT2D eigenvalue weighted by atomic mass is 10.2. The molecule has 0 fully saturated rings. The highest BCUT2D eigenvalue weighted by molar-refractivity contribution is 7.89. The van der Waals surface area contributed by atoms with Crippen LogP contribution in [0.4, 0.5) is 0 Å². The number of nitrogens with one attached hydrogen (secondary N) is 1. The Kier molecular flexibility index (Phi) is 5.25. The van der Waals surface area contributed by atoms with Gasteiger partial charge in [0, 0.05) is 12.1 Å². The number of hydrogen-bond donors (Lipinski definition) is 2. The van der Waals surface area contributed by atoms with Crippen LogP contribution < -0.4 is 15.2 Å². The molecule has 0 saturated heterocycles. The average molecular weight is 355 g/mol. The fourth-order valence-electron chi connectivity index (χ4n) is 1.93. The molecule has 23 heavy (non-hydrogen) atoms. The highest BCUT2D eigenvalue weighted by Crippen LogP contribution is 2.21. The lowest BCUT2D eigenvalue weighted by molar-refractivity contribution is 0.0950. The number of hydrogen-bond acceptors (Lipinski definition) is 4. The van der Waals surface area contributed by atoms with Crippen molar-refractivity contribution in [1.29, 1.82) is 0 Å². The van der Waals surface area contributed by atoms with Gasteiger partial charge in [-0.15, -0.1) is 0 Å². The van der Waals surface area contributed by atoms with Gasteiger partial charge in [0.15, 0.2) is 0 Å². The van der Waals surface area contributed by atoms with Crippen LogP contribution in [-0.4, -0.2) is 21.4 Å². The molecular weight excluding hydrogens is 340 g/mol. The molecule has 1 amide bonds. The lowest BCUT2D eigenvalue weighted by Gasteiger charge is -2.08. The Bertz CT molecular complexity index is 837. The predicted molar refractivity (Wildman–Crippen MR) is 87.0 cm³/mol. The van der Waals surface area contributed by atoms with Crippen molar-refractivity contribution < 1.29 is 17.9 Å². The van der Waals surface area contributed by atoms with Crippen LogP contribution in [0.5, 0.6) is 5.75 Å². The van der Waals surface area contributed by atoms with Crippen molar-refractivity contribution in [3.8, 4) is 5.75 Å². The Balaban J connectivity index is 2.15. The van der Waals surface area contributed by atoms with E-state index in [0.29, 0.717) is 5.75 Å². The van der Waals surface area contributed by atoms with Crippen molar-refractivity contribution in [3.63, 3.8) is 0 Å².